The van der Waals surface area contributed by atoms with E-state index >= 15 is 0 Å². The molecule has 7 atom stereocenters. The lowest BCUT2D eigenvalue weighted by atomic mass is 9.96. The maximum absolute atomic E-state index is 13.1. The first-order valence-electron chi connectivity index (χ1n) is 15.4. The number of nitrogens with two attached hydrogens (primary N) is 3. The number of carboxylic acids is 1. The number of primary amides is 1. The molecule has 258 valence electrons. The van der Waals surface area contributed by atoms with Crippen LogP contribution in [0, 0.1) is 11.8 Å². The zero-order chi connectivity index (χ0) is 34.9. The molecule has 45 heavy (non-hydrogen) atoms. The van der Waals surface area contributed by atoms with Crippen molar-refractivity contribution in [2.45, 2.75) is 123 Å². The number of rotatable bonds is 22. The van der Waals surface area contributed by atoms with Gasteiger partial charge in [-0.1, -0.05) is 34.1 Å². The standard InChI is InChI=1S/C29H54N8O8/c1-7-16(4)23(37-26(41)19(31)14-15(2)3)28(43)34-18(6)24(39)35-20(11-12-22(32)38)27(42)33-17(5)25(40)36-21(29(44)45)10-8-9-13-30/h15-21,23H,7-14,30-31H2,1-6H3,(H2,32,38)(H,33,42)(H,34,43)(H,35,39)(H,36,40)(H,37,41)(H,44,45). The Balaban J connectivity index is 5.52. The van der Waals surface area contributed by atoms with Crippen LogP contribution < -0.4 is 43.8 Å². The summed E-state index contributed by atoms with van der Waals surface area (Å²) >= 11 is 0. The minimum absolute atomic E-state index is 0.145. The second-order valence-corrected chi connectivity index (χ2v) is 11.8. The largest absolute Gasteiger partial charge is 0.480 e. The Morgan fingerprint density at radius 2 is 1.22 bits per heavy atom. The molecule has 12 N–H and O–H groups in total. The minimum Gasteiger partial charge on any atom is -0.480 e. The van der Waals surface area contributed by atoms with Crippen LogP contribution in [0.15, 0.2) is 0 Å². The first-order chi connectivity index (χ1) is 20.9. The predicted molar refractivity (Wildman–Crippen MR) is 167 cm³/mol. The van der Waals surface area contributed by atoms with Crippen molar-refractivity contribution >= 4 is 41.4 Å². The van der Waals surface area contributed by atoms with E-state index in [1.165, 1.54) is 13.8 Å². The zero-order valence-corrected chi connectivity index (χ0v) is 27.3. The summed E-state index contributed by atoms with van der Waals surface area (Å²) in [6.07, 6.45) is 1.67. The molecule has 0 aliphatic carbocycles. The summed E-state index contributed by atoms with van der Waals surface area (Å²) in [7, 11) is 0. The maximum atomic E-state index is 13.1. The Kier molecular flexibility index (Phi) is 19.3. The maximum Gasteiger partial charge on any atom is 0.326 e. The van der Waals surface area contributed by atoms with Crippen LogP contribution >= 0.6 is 0 Å². The molecule has 16 nitrogen and oxygen atoms in total. The Bertz CT molecular complexity index is 1020. The predicted octanol–water partition coefficient (Wildman–Crippen LogP) is -1.65. The third-order valence-electron chi connectivity index (χ3n) is 7.23. The average Bonchev–Trinajstić information content (AvgIpc) is 2.95. The van der Waals surface area contributed by atoms with Crippen molar-refractivity contribution in [3.8, 4) is 0 Å². The molecular formula is C29H54N8O8. The summed E-state index contributed by atoms with van der Waals surface area (Å²) in [5.74, 6) is -5.60. The summed E-state index contributed by atoms with van der Waals surface area (Å²) in [6, 6.07) is -6.66. The van der Waals surface area contributed by atoms with Crippen molar-refractivity contribution < 1.29 is 38.7 Å². The van der Waals surface area contributed by atoms with Gasteiger partial charge >= 0.3 is 5.97 Å². The van der Waals surface area contributed by atoms with E-state index < -0.39 is 77.7 Å². The molecule has 0 heterocycles. The third kappa shape index (κ3) is 16.2. The van der Waals surface area contributed by atoms with Gasteiger partial charge in [0.15, 0.2) is 0 Å². The highest BCUT2D eigenvalue weighted by molar-refractivity contribution is 5.96. The molecule has 0 bridgehead atoms. The lowest BCUT2D eigenvalue weighted by Gasteiger charge is -2.27. The van der Waals surface area contributed by atoms with Crippen LogP contribution in [0.1, 0.15) is 86.5 Å². The quantitative estimate of drug-likeness (QED) is 0.0607. The second kappa shape index (κ2) is 21.0. The molecule has 0 rings (SSSR count). The molecule has 16 heteroatoms. The molecule has 0 aliphatic heterocycles. The van der Waals surface area contributed by atoms with E-state index in [4.69, 9.17) is 17.2 Å². The van der Waals surface area contributed by atoms with Gasteiger partial charge in [-0.05, 0) is 64.3 Å². The Hall–Kier alpha value is -3.79. The fourth-order valence-corrected chi connectivity index (χ4v) is 4.22. The lowest BCUT2D eigenvalue weighted by molar-refractivity contribution is -0.142. The number of amides is 6. The van der Waals surface area contributed by atoms with Gasteiger partial charge in [0, 0.05) is 6.42 Å². The van der Waals surface area contributed by atoms with E-state index in [2.05, 4.69) is 26.6 Å². The van der Waals surface area contributed by atoms with Gasteiger partial charge in [-0.25, -0.2) is 4.79 Å². The summed E-state index contributed by atoms with van der Waals surface area (Å²) in [4.78, 5) is 87.4. The molecule has 0 fully saturated rings. The normalized spacial score (nSPS) is 15.8. The molecule has 0 saturated carbocycles. The molecule has 0 aromatic heterocycles. The zero-order valence-electron chi connectivity index (χ0n) is 27.3. The van der Waals surface area contributed by atoms with Gasteiger partial charge in [0.2, 0.25) is 35.4 Å². The number of carboxylic acid groups (broad SMARTS) is 1. The highest BCUT2D eigenvalue weighted by atomic mass is 16.4. The first-order valence-corrected chi connectivity index (χ1v) is 15.4. The Labute approximate surface area is 265 Å². The van der Waals surface area contributed by atoms with Crippen molar-refractivity contribution in [3.05, 3.63) is 0 Å². The van der Waals surface area contributed by atoms with Crippen molar-refractivity contribution in [3.63, 3.8) is 0 Å². The molecule has 0 aromatic rings. The SMILES string of the molecule is CCC(C)C(NC(=O)C(N)CC(C)C)C(=O)NC(C)C(=O)NC(CCC(N)=O)C(=O)NC(C)C(=O)NC(CCCCN)C(=O)O. The van der Waals surface area contributed by atoms with Crippen molar-refractivity contribution in [2.24, 2.45) is 29.0 Å². The van der Waals surface area contributed by atoms with Gasteiger partial charge < -0.3 is 48.9 Å². The Morgan fingerprint density at radius 1 is 0.689 bits per heavy atom. The fourth-order valence-electron chi connectivity index (χ4n) is 4.22. The molecule has 0 aromatic carbocycles. The summed E-state index contributed by atoms with van der Waals surface area (Å²) in [6.45, 7) is 10.5. The number of carbonyl (C=O) groups excluding carboxylic acids is 6. The number of carbonyl (C=O) groups is 7. The number of hydrogen-bond acceptors (Lipinski definition) is 9. The summed E-state index contributed by atoms with van der Waals surface area (Å²) in [5, 5.41) is 21.9. The van der Waals surface area contributed by atoms with Gasteiger partial charge in [-0.15, -0.1) is 0 Å². The van der Waals surface area contributed by atoms with Gasteiger partial charge in [-0.3, -0.25) is 28.8 Å². The number of aliphatic carboxylic acids is 1. The molecule has 0 spiro atoms. The average molecular weight is 643 g/mol. The van der Waals surface area contributed by atoms with Gasteiger partial charge in [0.1, 0.15) is 30.2 Å². The molecule has 6 amide bonds. The van der Waals surface area contributed by atoms with E-state index in [0.717, 1.165) is 0 Å². The first kappa shape index (κ1) is 41.2. The van der Waals surface area contributed by atoms with Crippen molar-refractivity contribution in [2.75, 3.05) is 6.54 Å². The van der Waals surface area contributed by atoms with E-state index in [1.54, 1.807) is 6.92 Å². The smallest absolute Gasteiger partial charge is 0.326 e. The van der Waals surface area contributed by atoms with Gasteiger partial charge in [0.25, 0.3) is 0 Å². The van der Waals surface area contributed by atoms with Crippen LogP contribution in [0.3, 0.4) is 0 Å². The fraction of sp³-hybridized carbons (Fsp3) is 0.759. The van der Waals surface area contributed by atoms with Crippen LogP contribution in [0.5, 0.6) is 0 Å². The summed E-state index contributed by atoms with van der Waals surface area (Å²) in [5.41, 5.74) is 16.6. The Morgan fingerprint density at radius 3 is 1.69 bits per heavy atom. The third-order valence-corrected chi connectivity index (χ3v) is 7.23. The van der Waals surface area contributed by atoms with E-state index in [1.807, 2.05) is 20.8 Å². The van der Waals surface area contributed by atoms with Crippen LogP contribution in [0.4, 0.5) is 0 Å². The number of hydrogen-bond donors (Lipinski definition) is 9. The van der Waals surface area contributed by atoms with E-state index in [0.29, 0.717) is 32.2 Å². The molecule has 7 unspecified atom stereocenters. The van der Waals surface area contributed by atoms with Crippen LogP contribution in [0.2, 0.25) is 0 Å². The van der Waals surface area contributed by atoms with Gasteiger partial charge in [0.05, 0.1) is 6.04 Å². The van der Waals surface area contributed by atoms with Crippen molar-refractivity contribution in [1.29, 1.82) is 0 Å². The second-order valence-electron chi connectivity index (χ2n) is 11.8. The molecule has 0 radical (unpaired) electrons. The monoisotopic (exact) mass is 642 g/mol. The van der Waals surface area contributed by atoms with Crippen molar-refractivity contribution in [1.82, 2.24) is 26.6 Å². The molecule has 0 saturated heterocycles. The lowest BCUT2D eigenvalue weighted by Crippen LogP contribution is -2.59. The topological polar surface area (TPSA) is 278 Å². The summed E-state index contributed by atoms with van der Waals surface area (Å²) < 4.78 is 0. The highest BCUT2D eigenvalue weighted by Gasteiger charge is 2.32. The van der Waals surface area contributed by atoms with Crippen LogP contribution in [0.25, 0.3) is 0 Å². The van der Waals surface area contributed by atoms with Gasteiger partial charge in [-0.2, -0.15) is 0 Å². The highest BCUT2D eigenvalue weighted by Crippen LogP contribution is 2.11. The molecule has 0 aliphatic rings. The van der Waals surface area contributed by atoms with E-state index in [9.17, 15) is 38.7 Å². The van der Waals surface area contributed by atoms with Crippen LogP contribution in [-0.2, 0) is 33.6 Å². The minimum atomic E-state index is -1.32. The van der Waals surface area contributed by atoms with Crippen LogP contribution in [-0.4, -0.2) is 89.3 Å². The molecular weight excluding hydrogens is 588 g/mol. The van der Waals surface area contributed by atoms with E-state index in [-0.39, 0.29) is 31.1 Å². The number of unbranched alkanes of at least 4 members (excludes halogenated alkanes) is 1. The number of nitrogens with one attached hydrogen (secondary N) is 5.